The van der Waals surface area contributed by atoms with Crippen LogP contribution in [0.15, 0.2) is 29.2 Å². The zero-order chi connectivity index (χ0) is 18.9. The van der Waals surface area contributed by atoms with Crippen LogP contribution in [-0.4, -0.2) is 36.1 Å². The van der Waals surface area contributed by atoms with Crippen molar-refractivity contribution in [2.45, 2.75) is 31.7 Å². The third-order valence-corrected chi connectivity index (χ3v) is 5.23. The van der Waals surface area contributed by atoms with Gasteiger partial charge >= 0.3 is 0 Å². The van der Waals surface area contributed by atoms with Gasteiger partial charge in [0.25, 0.3) is 11.7 Å². The quantitative estimate of drug-likeness (QED) is 0.641. The van der Waals surface area contributed by atoms with E-state index in [1.54, 1.807) is 44.6 Å². The zero-order valence-electron chi connectivity index (χ0n) is 14.8. The lowest BCUT2D eigenvalue weighted by Gasteiger charge is -2.14. The summed E-state index contributed by atoms with van der Waals surface area (Å²) in [6, 6.07) is 5.75. The average Bonchev–Trinajstić information content (AvgIpc) is 2.78. The maximum absolute atomic E-state index is 12.4. The van der Waals surface area contributed by atoms with Crippen molar-refractivity contribution in [1.29, 1.82) is 0 Å². The lowest BCUT2D eigenvalue weighted by molar-refractivity contribution is -0.117. The number of Topliss-reactive ketones (excluding diaryl/α,β-unsaturated/α-hetero) is 1. The molecule has 0 fully saturated rings. The van der Waals surface area contributed by atoms with Gasteiger partial charge in [-0.1, -0.05) is 12.1 Å². The predicted octanol–water partition coefficient (Wildman–Crippen LogP) is 1.50. The molecule has 0 saturated heterocycles. The first kappa shape index (κ1) is 18.9. The highest BCUT2D eigenvalue weighted by Gasteiger charge is 2.25. The van der Waals surface area contributed by atoms with Crippen LogP contribution < -0.4 is 5.32 Å². The van der Waals surface area contributed by atoms with Crippen molar-refractivity contribution in [2.24, 2.45) is 7.05 Å². The van der Waals surface area contributed by atoms with Crippen molar-refractivity contribution in [3.8, 4) is 0 Å². The van der Waals surface area contributed by atoms with Crippen molar-refractivity contribution in [2.75, 3.05) is 6.26 Å². The molecular weight excluding hydrogens is 342 g/mol. The molecular formula is C17H21N3O4S. The Hall–Kier alpha value is -2.48. The third-order valence-electron chi connectivity index (χ3n) is 4.10. The summed E-state index contributed by atoms with van der Waals surface area (Å²) in [6.45, 7) is 5.14. The number of nitrogens with one attached hydrogen (secondary N) is 1. The molecule has 1 N–H and O–H groups in total. The highest BCUT2D eigenvalue weighted by atomic mass is 32.2. The summed E-state index contributed by atoms with van der Waals surface area (Å²) in [4.78, 5) is 24.9. The molecule has 0 aliphatic rings. The molecule has 2 aromatic rings. The van der Waals surface area contributed by atoms with Gasteiger partial charge < -0.3 is 5.32 Å². The van der Waals surface area contributed by atoms with Gasteiger partial charge in [-0.3, -0.25) is 14.3 Å². The first-order chi connectivity index (χ1) is 11.5. The highest BCUT2D eigenvalue weighted by molar-refractivity contribution is 7.90. The number of hydrogen-bond donors (Lipinski definition) is 1. The Balaban J connectivity index is 2.16. The maximum Gasteiger partial charge on any atom is 0.293 e. The van der Waals surface area contributed by atoms with Crippen LogP contribution in [0.4, 0.5) is 0 Å². The summed E-state index contributed by atoms with van der Waals surface area (Å²) in [5.41, 5.74) is 2.14. The molecule has 7 nitrogen and oxygen atoms in total. The number of benzene rings is 1. The van der Waals surface area contributed by atoms with Gasteiger partial charge in [0, 0.05) is 19.0 Å². The van der Waals surface area contributed by atoms with Gasteiger partial charge in [0.15, 0.2) is 9.84 Å². The van der Waals surface area contributed by atoms with E-state index in [9.17, 15) is 18.0 Å². The standard InChI is InChI=1S/C17H21N3O4S/c1-10(13-6-8-14(9-7-13)25(5,23)24)18-17(22)16(21)15-11(2)19-20(4)12(15)3/h6-10H,1-5H3,(H,18,22). The molecule has 0 spiro atoms. The molecule has 1 aromatic carbocycles. The molecule has 1 aromatic heterocycles. The fourth-order valence-electron chi connectivity index (χ4n) is 2.56. The molecule has 1 amide bonds. The zero-order valence-corrected chi connectivity index (χ0v) is 15.6. The number of nitrogens with zero attached hydrogens (tertiary/aromatic N) is 2. The maximum atomic E-state index is 12.4. The van der Waals surface area contributed by atoms with Crippen LogP contribution in [0, 0.1) is 13.8 Å². The number of carbonyl (C=O) groups excluding carboxylic acids is 2. The summed E-state index contributed by atoms with van der Waals surface area (Å²) in [7, 11) is -1.56. The molecule has 0 bridgehead atoms. The number of amides is 1. The number of aromatic nitrogens is 2. The summed E-state index contributed by atoms with van der Waals surface area (Å²) in [5.74, 6) is -1.36. The van der Waals surface area contributed by atoms with E-state index in [1.165, 1.54) is 12.1 Å². The minimum Gasteiger partial charge on any atom is -0.343 e. The Kier molecular flexibility index (Phi) is 5.12. The molecule has 25 heavy (non-hydrogen) atoms. The van der Waals surface area contributed by atoms with E-state index < -0.39 is 27.6 Å². The predicted molar refractivity (Wildman–Crippen MR) is 93.1 cm³/mol. The second-order valence-corrected chi connectivity index (χ2v) is 8.05. The lowest BCUT2D eigenvalue weighted by atomic mass is 10.1. The number of ketones is 1. The summed E-state index contributed by atoms with van der Waals surface area (Å²) in [6.07, 6.45) is 1.13. The average molecular weight is 363 g/mol. The van der Waals surface area contributed by atoms with Crippen LogP contribution in [0.2, 0.25) is 0 Å². The number of hydrogen-bond acceptors (Lipinski definition) is 5. The molecule has 1 unspecified atom stereocenters. The SMILES string of the molecule is Cc1nn(C)c(C)c1C(=O)C(=O)NC(C)c1ccc(S(C)(=O)=O)cc1. The Morgan fingerprint density at radius 3 is 2.16 bits per heavy atom. The van der Waals surface area contributed by atoms with Gasteiger partial charge in [-0.15, -0.1) is 0 Å². The van der Waals surface area contributed by atoms with E-state index in [0.717, 1.165) is 6.26 Å². The lowest BCUT2D eigenvalue weighted by Crippen LogP contribution is -2.33. The Bertz CT molecular complexity index is 928. The summed E-state index contributed by atoms with van der Waals surface area (Å²) in [5, 5.41) is 6.78. The van der Waals surface area contributed by atoms with Gasteiger partial charge in [0.1, 0.15) is 0 Å². The fourth-order valence-corrected chi connectivity index (χ4v) is 3.20. The van der Waals surface area contributed by atoms with Crippen molar-refractivity contribution in [1.82, 2.24) is 15.1 Å². The van der Waals surface area contributed by atoms with E-state index in [0.29, 0.717) is 22.5 Å². The number of sulfone groups is 1. The van der Waals surface area contributed by atoms with Crippen molar-refractivity contribution >= 4 is 21.5 Å². The first-order valence-corrected chi connectivity index (χ1v) is 9.57. The minimum atomic E-state index is -3.28. The summed E-state index contributed by atoms with van der Waals surface area (Å²) >= 11 is 0. The van der Waals surface area contributed by atoms with Gasteiger partial charge in [-0.05, 0) is 38.5 Å². The van der Waals surface area contributed by atoms with Crippen molar-refractivity contribution in [3.05, 3.63) is 46.8 Å². The third kappa shape index (κ3) is 3.96. The van der Waals surface area contributed by atoms with Gasteiger partial charge in [0.05, 0.1) is 22.2 Å². The first-order valence-electron chi connectivity index (χ1n) is 7.67. The second kappa shape index (κ2) is 6.79. The summed E-state index contributed by atoms with van der Waals surface area (Å²) < 4.78 is 24.5. The molecule has 0 radical (unpaired) electrons. The molecule has 0 aliphatic heterocycles. The highest BCUT2D eigenvalue weighted by Crippen LogP contribution is 2.17. The Labute approximate surface area is 147 Å². The molecule has 0 saturated carbocycles. The van der Waals surface area contributed by atoms with Gasteiger partial charge in [-0.25, -0.2) is 8.42 Å². The van der Waals surface area contributed by atoms with Gasteiger partial charge in [-0.2, -0.15) is 5.10 Å². The normalized spacial score (nSPS) is 12.7. The molecule has 134 valence electrons. The molecule has 2 rings (SSSR count). The van der Waals surface area contributed by atoms with E-state index in [4.69, 9.17) is 0 Å². The molecule has 1 atom stereocenters. The van der Waals surface area contributed by atoms with E-state index in [-0.39, 0.29) is 4.90 Å². The molecule has 0 aliphatic carbocycles. The topological polar surface area (TPSA) is 98.1 Å². The van der Waals surface area contributed by atoms with E-state index >= 15 is 0 Å². The molecule has 1 heterocycles. The monoisotopic (exact) mass is 363 g/mol. The van der Waals surface area contributed by atoms with Crippen LogP contribution in [0.5, 0.6) is 0 Å². The second-order valence-electron chi connectivity index (χ2n) is 6.03. The van der Waals surface area contributed by atoms with E-state index in [1.807, 2.05) is 0 Å². The van der Waals surface area contributed by atoms with Crippen LogP contribution in [0.25, 0.3) is 0 Å². The molecule has 8 heteroatoms. The van der Waals surface area contributed by atoms with Crippen molar-refractivity contribution < 1.29 is 18.0 Å². The fraction of sp³-hybridized carbons (Fsp3) is 0.353. The van der Waals surface area contributed by atoms with Crippen LogP contribution >= 0.6 is 0 Å². The number of carbonyl (C=O) groups is 2. The number of rotatable bonds is 5. The largest absolute Gasteiger partial charge is 0.343 e. The smallest absolute Gasteiger partial charge is 0.293 e. The Morgan fingerprint density at radius 2 is 1.72 bits per heavy atom. The van der Waals surface area contributed by atoms with Gasteiger partial charge in [0.2, 0.25) is 0 Å². The Morgan fingerprint density at radius 1 is 1.16 bits per heavy atom. The minimum absolute atomic E-state index is 0.201. The number of aryl methyl sites for hydroxylation is 2. The van der Waals surface area contributed by atoms with Crippen LogP contribution in [-0.2, 0) is 21.7 Å². The van der Waals surface area contributed by atoms with E-state index in [2.05, 4.69) is 10.4 Å². The van der Waals surface area contributed by atoms with Crippen molar-refractivity contribution in [3.63, 3.8) is 0 Å². The van der Waals surface area contributed by atoms with Crippen LogP contribution in [0.1, 0.15) is 40.3 Å². The van der Waals surface area contributed by atoms with Crippen LogP contribution in [0.3, 0.4) is 0 Å².